The maximum atomic E-state index is 14.4. The Hall–Kier alpha value is -3.78. The number of aryl methyl sites for hydroxylation is 1. The number of alkyl halides is 3. The van der Waals surface area contributed by atoms with E-state index in [1.165, 1.54) is 24.3 Å². The van der Waals surface area contributed by atoms with Crippen molar-refractivity contribution in [2.75, 3.05) is 7.11 Å². The maximum absolute atomic E-state index is 14.4. The first kappa shape index (κ1) is 29.8. The molecule has 5 nitrogen and oxygen atoms in total. The van der Waals surface area contributed by atoms with E-state index >= 15 is 0 Å². The summed E-state index contributed by atoms with van der Waals surface area (Å²) in [6.07, 6.45) is 10.1. The van der Waals surface area contributed by atoms with Crippen molar-refractivity contribution in [1.29, 1.82) is 0 Å². The first-order chi connectivity index (χ1) is 18.7. The summed E-state index contributed by atoms with van der Waals surface area (Å²) in [5.74, 6) is -1.52. The highest BCUT2D eigenvalue weighted by molar-refractivity contribution is 5.83. The summed E-state index contributed by atoms with van der Waals surface area (Å²) in [6.45, 7) is 3.70. The van der Waals surface area contributed by atoms with Gasteiger partial charge in [-0.3, -0.25) is 0 Å². The van der Waals surface area contributed by atoms with Crippen molar-refractivity contribution in [2.45, 2.75) is 57.4 Å². The molecule has 0 unspecified atom stereocenters. The minimum Gasteiger partial charge on any atom is -0.472 e. The van der Waals surface area contributed by atoms with Gasteiger partial charge in [0.2, 0.25) is 0 Å². The molecule has 0 saturated heterocycles. The zero-order valence-electron chi connectivity index (χ0n) is 22.2. The molecule has 0 spiro atoms. The molecular formula is C31H33F3O5. The molecule has 39 heavy (non-hydrogen) atoms. The third-order valence-corrected chi connectivity index (χ3v) is 6.22. The summed E-state index contributed by atoms with van der Waals surface area (Å²) in [4.78, 5) is 13.3. The van der Waals surface area contributed by atoms with Crippen molar-refractivity contribution in [1.82, 2.24) is 0 Å². The van der Waals surface area contributed by atoms with Crippen LogP contribution in [0, 0.1) is 0 Å². The summed E-state index contributed by atoms with van der Waals surface area (Å²) in [5.41, 5.74) is 0.0338. The molecule has 2 heterocycles. The van der Waals surface area contributed by atoms with Crippen LogP contribution in [0.1, 0.15) is 49.8 Å². The van der Waals surface area contributed by atoms with Crippen LogP contribution in [-0.4, -0.2) is 25.4 Å². The molecule has 0 saturated carbocycles. The van der Waals surface area contributed by atoms with E-state index in [1.807, 2.05) is 44.2 Å². The number of hydrogen-bond donors (Lipinski definition) is 0. The molecule has 2 aromatic heterocycles. The first-order valence-corrected chi connectivity index (χ1v) is 12.6. The van der Waals surface area contributed by atoms with Gasteiger partial charge in [0, 0.05) is 24.7 Å². The molecular weight excluding hydrogens is 509 g/mol. The van der Waals surface area contributed by atoms with Gasteiger partial charge in [-0.25, -0.2) is 4.79 Å². The zero-order chi connectivity index (χ0) is 28.3. The van der Waals surface area contributed by atoms with Gasteiger partial charge < -0.3 is 18.3 Å². The van der Waals surface area contributed by atoms with Gasteiger partial charge in [-0.1, -0.05) is 59.7 Å². The summed E-state index contributed by atoms with van der Waals surface area (Å²) in [7, 11) is 0.861. The molecule has 208 valence electrons. The molecule has 0 radical (unpaired) electrons. The van der Waals surface area contributed by atoms with Crippen molar-refractivity contribution < 1.29 is 36.3 Å². The van der Waals surface area contributed by atoms with E-state index in [9.17, 15) is 18.0 Å². The lowest BCUT2D eigenvalue weighted by Crippen LogP contribution is -2.52. The van der Waals surface area contributed by atoms with Gasteiger partial charge >= 0.3 is 12.1 Å². The smallest absolute Gasteiger partial charge is 0.432 e. The molecule has 0 aliphatic carbocycles. The second-order valence-corrected chi connectivity index (χ2v) is 9.29. The minimum atomic E-state index is -5.05. The Morgan fingerprint density at radius 2 is 1.72 bits per heavy atom. The number of hydrogen-bond acceptors (Lipinski definition) is 5. The molecule has 0 bridgehead atoms. The Balaban J connectivity index is 1.84. The SMILES string of the molecule is CO[C@](C(=O)O[C@@H](/C=C(\C)C/C=C/c1ccoc1)C/C(C)=C/CCc1ccoc1)(c1ccccc1)C(F)(F)F. The van der Waals surface area contributed by atoms with Crippen LogP contribution in [0.4, 0.5) is 13.2 Å². The van der Waals surface area contributed by atoms with E-state index in [0.29, 0.717) is 12.8 Å². The molecule has 0 N–H and O–H groups in total. The lowest BCUT2D eigenvalue weighted by molar-refractivity contribution is -0.277. The number of halogens is 3. The highest BCUT2D eigenvalue weighted by Crippen LogP contribution is 2.43. The fourth-order valence-electron chi connectivity index (χ4n) is 4.20. The van der Waals surface area contributed by atoms with Crippen molar-refractivity contribution in [3.63, 3.8) is 0 Å². The van der Waals surface area contributed by atoms with Gasteiger partial charge in [0.05, 0.1) is 25.1 Å². The number of carbonyl (C=O) groups excluding carboxylic acids is 1. The fraction of sp³-hybridized carbons (Fsp3) is 0.323. The van der Waals surface area contributed by atoms with Crippen LogP contribution in [0.25, 0.3) is 6.08 Å². The lowest BCUT2D eigenvalue weighted by atomic mass is 9.92. The van der Waals surface area contributed by atoms with Crippen molar-refractivity contribution in [3.8, 4) is 0 Å². The second-order valence-electron chi connectivity index (χ2n) is 9.29. The number of ether oxygens (including phenoxy) is 2. The van der Waals surface area contributed by atoms with E-state index < -0.39 is 23.9 Å². The van der Waals surface area contributed by atoms with Crippen LogP contribution in [0.5, 0.6) is 0 Å². The normalized spacial score (nSPS) is 15.3. The Bertz CT molecular complexity index is 1240. The van der Waals surface area contributed by atoms with Crippen LogP contribution in [-0.2, 0) is 26.3 Å². The molecule has 0 fully saturated rings. The van der Waals surface area contributed by atoms with Crippen LogP contribution >= 0.6 is 0 Å². The maximum Gasteiger partial charge on any atom is 0.432 e. The molecule has 0 aliphatic heterocycles. The summed E-state index contributed by atoms with van der Waals surface area (Å²) >= 11 is 0. The molecule has 8 heteroatoms. The third-order valence-electron chi connectivity index (χ3n) is 6.22. The topological polar surface area (TPSA) is 61.8 Å². The average Bonchev–Trinajstić information content (AvgIpc) is 3.59. The quantitative estimate of drug-likeness (QED) is 0.161. The lowest BCUT2D eigenvalue weighted by Gasteiger charge is -2.33. The molecule has 2 atom stereocenters. The average molecular weight is 543 g/mol. The Kier molecular flexibility index (Phi) is 10.6. The molecule has 0 aliphatic rings. The summed E-state index contributed by atoms with van der Waals surface area (Å²) < 4.78 is 63.9. The highest BCUT2D eigenvalue weighted by atomic mass is 19.4. The van der Waals surface area contributed by atoms with Crippen molar-refractivity contribution in [2.24, 2.45) is 0 Å². The van der Waals surface area contributed by atoms with Crippen molar-refractivity contribution in [3.05, 3.63) is 114 Å². The van der Waals surface area contributed by atoms with Gasteiger partial charge in [-0.15, -0.1) is 0 Å². The zero-order valence-corrected chi connectivity index (χ0v) is 22.2. The number of furan rings is 2. The number of allylic oxidation sites excluding steroid dienone is 3. The number of esters is 1. The number of methoxy groups -OCH3 is 1. The predicted octanol–water partition coefficient (Wildman–Crippen LogP) is 8.21. The molecule has 0 amide bonds. The number of carbonyl (C=O) groups is 1. The van der Waals surface area contributed by atoms with Crippen molar-refractivity contribution >= 4 is 12.0 Å². The number of benzene rings is 1. The fourth-order valence-corrected chi connectivity index (χ4v) is 4.20. The standard InChI is InChI=1S/C31H33F3O5/c1-23(9-7-11-25-15-17-37-21-25)19-28(20-24(2)10-8-12-26-16-18-38-22-26)39-29(35)30(36-3,31(32,33)34)27-13-5-4-6-14-27/h4-7,10-11,13-19,21-22,28H,8-9,12,20H2,1-3H3/b11-7+,23-19+,24-10+/t28-,30-/m0/s1. The molecule has 1 aromatic carbocycles. The van der Waals surface area contributed by atoms with Gasteiger partial charge in [0.25, 0.3) is 5.60 Å². The van der Waals surface area contributed by atoms with E-state index in [4.69, 9.17) is 18.3 Å². The highest BCUT2D eigenvalue weighted by Gasteiger charge is 2.64. The van der Waals surface area contributed by atoms with E-state index in [2.05, 4.69) is 0 Å². The third kappa shape index (κ3) is 8.10. The monoisotopic (exact) mass is 542 g/mol. The van der Waals surface area contributed by atoms with Crippen LogP contribution in [0.15, 0.2) is 106 Å². The first-order valence-electron chi connectivity index (χ1n) is 12.6. The number of rotatable bonds is 13. The van der Waals surface area contributed by atoms with E-state index in [1.54, 1.807) is 37.2 Å². The van der Waals surface area contributed by atoms with Gasteiger partial charge in [-0.2, -0.15) is 13.2 Å². The molecule has 3 aromatic rings. The molecule has 3 rings (SSSR count). The summed E-state index contributed by atoms with van der Waals surface area (Å²) in [6, 6.07) is 10.5. The Labute approximate surface area is 226 Å². The predicted molar refractivity (Wildman–Crippen MR) is 143 cm³/mol. The van der Waals surface area contributed by atoms with Gasteiger partial charge in [-0.05, 0) is 56.9 Å². The van der Waals surface area contributed by atoms with E-state index in [0.717, 1.165) is 35.8 Å². The Morgan fingerprint density at radius 1 is 1.00 bits per heavy atom. The minimum absolute atomic E-state index is 0.229. The van der Waals surface area contributed by atoms with Crippen LogP contribution < -0.4 is 0 Å². The van der Waals surface area contributed by atoms with Crippen LogP contribution in [0.2, 0.25) is 0 Å². The van der Waals surface area contributed by atoms with Gasteiger partial charge in [0.15, 0.2) is 0 Å². The van der Waals surface area contributed by atoms with E-state index in [-0.39, 0.29) is 12.0 Å². The summed E-state index contributed by atoms with van der Waals surface area (Å²) in [5, 5.41) is 0. The largest absolute Gasteiger partial charge is 0.472 e. The van der Waals surface area contributed by atoms with Gasteiger partial charge in [0.1, 0.15) is 6.10 Å². The van der Waals surface area contributed by atoms with Crippen LogP contribution in [0.3, 0.4) is 0 Å². The second kappa shape index (κ2) is 13.8. The Morgan fingerprint density at radius 3 is 2.33 bits per heavy atom.